The van der Waals surface area contributed by atoms with Crippen LogP contribution in [0.5, 0.6) is 0 Å². The summed E-state index contributed by atoms with van der Waals surface area (Å²) in [5.41, 5.74) is 4.19. The quantitative estimate of drug-likeness (QED) is 0.763. The fourth-order valence-corrected chi connectivity index (χ4v) is 3.78. The first-order chi connectivity index (χ1) is 13.5. The molecule has 1 fully saturated rings. The van der Waals surface area contributed by atoms with E-state index in [-0.39, 0.29) is 12.5 Å². The molecule has 2 aromatic rings. The lowest BCUT2D eigenvalue weighted by Crippen LogP contribution is -2.56. The molecule has 2 aliphatic heterocycles. The molecule has 144 valence electrons. The number of hydrogen-bond donors (Lipinski definition) is 0. The van der Waals surface area contributed by atoms with E-state index < -0.39 is 11.8 Å². The zero-order valence-electron chi connectivity index (χ0n) is 15.9. The SMILES string of the molecule is Cc1ccc(CN2CCN(CC(=O)N3CCc4ccccc43)C(=O)C2=O)cc1. The molecule has 0 spiro atoms. The van der Waals surface area contributed by atoms with Crippen LogP contribution in [0, 0.1) is 6.92 Å². The predicted octanol–water partition coefficient (Wildman–Crippen LogP) is 1.76. The lowest BCUT2D eigenvalue weighted by atomic mass is 10.1. The van der Waals surface area contributed by atoms with Crippen molar-refractivity contribution in [2.24, 2.45) is 0 Å². The first kappa shape index (κ1) is 18.2. The Morgan fingerprint density at radius 3 is 2.36 bits per heavy atom. The number of piperazine rings is 1. The number of carbonyl (C=O) groups excluding carboxylic acids is 3. The number of rotatable bonds is 4. The normalized spacial score (nSPS) is 16.5. The minimum absolute atomic E-state index is 0.0583. The summed E-state index contributed by atoms with van der Waals surface area (Å²) >= 11 is 0. The van der Waals surface area contributed by atoms with E-state index in [0.29, 0.717) is 26.2 Å². The van der Waals surface area contributed by atoms with Crippen LogP contribution < -0.4 is 4.90 Å². The van der Waals surface area contributed by atoms with Crippen molar-refractivity contribution < 1.29 is 14.4 Å². The van der Waals surface area contributed by atoms with Crippen LogP contribution in [0.4, 0.5) is 5.69 Å². The predicted molar refractivity (Wildman–Crippen MR) is 106 cm³/mol. The summed E-state index contributed by atoms with van der Waals surface area (Å²) in [6, 6.07) is 15.7. The number of anilines is 1. The molecule has 0 atom stereocenters. The van der Waals surface area contributed by atoms with Gasteiger partial charge in [0.1, 0.15) is 6.54 Å². The van der Waals surface area contributed by atoms with Crippen molar-refractivity contribution in [1.29, 1.82) is 0 Å². The maximum absolute atomic E-state index is 12.7. The number of para-hydroxylation sites is 1. The van der Waals surface area contributed by atoms with Crippen molar-refractivity contribution in [3.05, 3.63) is 65.2 Å². The number of hydrogen-bond acceptors (Lipinski definition) is 3. The molecular weight excluding hydrogens is 354 g/mol. The van der Waals surface area contributed by atoms with Crippen molar-refractivity contribution in [3.8, 4) is 0 Å². The first-order valence-electron chi connectivity index (χ1n) is 9.55. The number of nitrogens with zero attached hydrogens (tertiary/aromatic N) is 3. The molecule has 4 rings (SSSR count). The molecule has 0 aromatic heterocycles. The van der Waals surface area contributed by atoms with Crippen LogP contribution in [0.3, 0.4) is 0 Å². The van der Waals surface area contributed by atoms with E-state index in [0.717, 1.165) is 28.8 Å². The fourth-order valence-electron chi connectivity index (χ4n) is 3.78. The lowest BCUT2D eigenvalue weighted by molar-refractivity contribution is -0.157. The second-order valence-electron chi connectivity index (χ2n) is 7.36. The minimum atomic E-state index is -0.598. The molecule has 6 nitrogen and oxygen atoms in total. The highest BCUT2D eigenvalue weighted by molar-refractivity contribution is 6.35. The van der Waals surface area contributed by atoms with E-state index in [9.17, 15) is 14.4 Å². The molecule has 6 heteroatoms. The molecule has 2 aliphatic rings. The number of carbonyl (C=O) groups is 3. The zero-order chi connectivity index (χ0) is 19.7. The lowest BCUT2D eigenvalue weighted by Gasteiger charge is -2.34. The summed E-state index contributed by atoms with van der Waals surface area (Å²) in [5, 5.41) is 0. The van der Waals surface area contributed by atoms with Gasteiger partial charge < -0.3 is 14.7 Å². The van der Waals surface area contributed by atoms with Gasteiger partial charge in [-0.05, 0) is 30.5 Å². The zero-order valence-corrected chi connectivity index (χ0v) is 15.9. The summed E-state index contributed by atoms with van der Waals surface area (Å²) < 4.78 is 0. The molecule has 2 aromatic carbocycles. The van der Waals surface area contributed by atoms with Crippen molar-refractivity contribution in [2.75, 3.05) is 31.1 Å². The molecule has 28 heavy (non-hydrogen) atoms. The van der Waals surface area contributed by atoms with Crippen LogP contribution in [-0.2, 0) is 27.3 Å². The third-order valence-electron chi connectivity index (χ3n) is 5.41. The van der Waals surface area contributed by atoms with E-state index in [1.165, 1.54) is 4.90 Å². The van der Waals surface area contributed by atoms with Gasteiger partial charge >= 0.3 is 11.8 Å². The van der Waals surface area contributed by atoms with Gasteiger partial charge in [-0.15, -0.1) is 0 Å². The standard InChI is InChI=1S/C22H23N3O3/c1-16-6-8-17(9-7-16)14-23-12-13-24(22(28)21(23)27)15-20(26)25-11-10-18-4-2-3-5-19(18)25/h2-9H,10-15H2,1H3. The van der Waals surface area contributed by atoms with Gasteiger partial charge in [0.25, 0.3) is 0 Å². The number of amides is 3. The Balaban J connectivity index is 1.38. The van der Waals surface area contributed by atoms with Gasteiger partial charge in [0.15, 0.2) is 0 Å². The Kier molecular flexibility index (Phi) is 4.86. The van der Waals surface area contributed by atoms with Crippen molar-refractivity contribution >= 4 is 23.4 Å². The third-order valence-corrected chi connectivity index (χ3v) is 5.41. The average Bonchev–Trinajstić information content (AvgIpc) is 3.13. The Bertz CT molecular complexity index is 923. The number of fused-ring (bicyclic) bond motifs is 1. The van der Waals surface area contributed by atoms with Crippen LogP contribution in [0.15, 0.2) is 48.5 Å². The largest absolute Gasteiger partial charge is 0.328 e. The van der Waals surface area contributed by atoms with E-state index in [4.69, 9.17) is 0 Å². The third kappa shape index (κ3) is 3.50. The van der Waals surface area contributed by atoms with E-state index >= 15 is 0 Å². The topological polar surface area (TPSA) is 60.9 Å². The van der Waals surface area contributed by atoms with Gasteiger partial charge in [0.05, 0.1) is 0 Å². The highest BCUT2D eigenvalue weighted by Gasteiger charge is 2.35. The van der Waals surface area contributed by atoms with E-state index in [1.54, 1.807) is 9.80 Å². The smallest absolute Gasteiger partial charge is 0.312 e. The van der Waals surface area contributed by atoms with Gasteiger partial charge in [0.2, 0.25) is 5.91 Å². The van der Waals surface area contributed by atoms with Crippen molar-refractivity contribution in [2.45, 2.75) is 19.9 Å². The molecule has 0 saturated carbocycles. The molecular formula is C22H23N3O3. The van der Waals surface area contributed by atoms with Crippen LogP contribution >= 0.6 is 0 Å². The second kappa shape index (κ2) is 7.46. The van der Waals surface area contributed by atoms with Crippen LogP contribution in [0.2, 0.25) is 0 Å². The van der Waals surface area contributed by atoms with Crippen molar-refractivity contribution in [1.82, 2.24) is 9.80 Å². The van der Waals surface area contributed by atoms with Crippen LogP contribution in [0.1, 0.15) is 16.7 Å². The summed E-state index contributed by atoms with van der Waals surface area (Å²) in [5.74, 6) is -1.28. The Labute approximate surface area is 164 Å². The molecule has 0 N–H and O–H groups in total. The van der Waals surface area contributed by atoms with Crippen LogP contribution in [-0.4, -0.2) is 53.7 Å². The van der Waals surface area contributed by atoms with Gasteiger partial charge in [0, 0.05) is 31.9 Å². The Morgan fingerprint density at radius 1 is 0.893 bits per heavy atom. The summed E-state index contributed by atoms with van der Waals surface area (Å²) in [7, 11) is 0. The second-order valence-corrected chi connectivity index (χ2v) is 7.36. The Morgan fingerprint density at radius 2 is 1.57 bits per heavy atom. The first-order valence-corrected chi connectivity index (χ1v) is 9.55. The molecule has 1 saturated heterocycles. The maximum Gasteiger partial charge on any atom is 0.312 e. The summed E-state index contributed by atoms with van der Waals surface area (Å²) in [4.78, 5) is 42.4. The van der Waals surface area contributed by atoms with Gasteiger partial charge in [-0.25, -0.2) is 0 Å². The number of aryl methyl sites for hydroxylation is 1. The fraction of sp³-hybridized carbons (Fsp3) is 0.318. The molecule has 0 unspecified atom stereocenters. The van der Waals surface area contributed by atoms with Crippen molar-refractivity contribution in [3.63, 3.8) is 0 Å². The van der Waals surface area contributed by atoms with Gasteiger partial charge in [-0.1, -0.05) is 48.0 Å². The molecule has 2 heterocycles. The van der Waals surface area contributed by atoms with E-state index in [2.05, 4.69) is 0 Å². The van der Waals surface area contributed by atoms with Gasteiger partial charge in [-0.2, -0.15) is 0 Å². The van der Waals surface area contributed by atoms with Gasteiger partial charge in [-0.3, -0.25) is 14.4 Å². The summed E-state index contributed by atoms with van der Waals surface area (Å²) in [6.45, 7) is 3.78. The maximum atomic E-state index is 12.7. The molecule has 0 bridgehead atoms. The van der Waals surface area contributed by atoms with E-state index in [1.807, 2.05) is 55.5 Å². The molecule has 3 amide bonds. The average molecular weight is 377 g/mol. The minimum Gasteiger partial charge on any atom is -0.328 e. The number of benzene rings is 2. The highest BCUT2D eigenvalue weighted by Crippen LogP contribution is 2.27. The summed E-state index contributed by atoms with van der Waals surface area (Å²) in [6.07, 6.45) is 0.819. The van der Waals surface area contributed by atoms with Crippen LogP contribution in [0.25, 0.3) is 0 Å². The Hall–Kier alpha value is -3.15. The molecule has 0 aliphatic carbocycles. The monoisotopic (exact) mass is 377 g/mol. The highest BCUT2D eigenvalue weighted by atomic mass is 16.2. The molecule has 0 radical (unpaired) electrons.